The molecule has 3 nitrogen and oxygen atoms in total. The van der Waals surface area contributed by atoms with Crippen LogP contribution in [0.2, 0.25) is 0 Å². The van der Waals surface area contributed by atoms with E-state index in [0.717, 1.165) is 12.8 Å². The van der Waals surface area contributed by atoms with Crippen molar-refractivity contribution in [3.8, 4) is 0 Å². The van der Waals surface area contributed by atoms with Crippen LogP contribution in [0.3, 0.4) is 0 Å². The number of hydrogen-bond donors (Lipinski definition) is 2. The molecule has 0 radical (unpaired) electrons. The molecular weight excluding hydrogens is 362 g/mol. The third-order valence-corrected chi connectivity index (χ3v) is 5.74. The van der Waals surface area contributed by atoms with Crippen molar-refractivity contribution in [1.82, 2.24) is 15.5 Å². The Morgan fingerprint density at radius 3 is 2.25 bits per heavy atom. The first-order valence-corrected chi connectivity index (χ1v) is 10.4. The Bertz CT molecular complexity index is 913. The molecule has 0 saturated carbocycles. The molecule has 0 aromatic heterocycles. The number of nitrogens with one attached hydrogen (secondary N) is 2. The molecule has 28 heavy (non-hydrogen) atoms. The summed E-state index contributed by atoms with van der Waals surface area (Å²) in [5.74, 6) is 0. The lowest BCUT2D eigenvalue weighted by molar-refractivity contribution is 0.583. The summed E-state index contributed by atoms with van der Waals surface area (Å²) in [4.78, 5) is 2.24. The Kier molecular flexibility index (Phi) is 5.49. The molecule has 1 unspecified atom stereocenters. The van der Waals surface area contributed by atoms with Crippen LogP contribution in [0.4, 0.5) is 0 Å². The molecule has 0 fully saturated rings. The molecule has 1 aliphatic heterocycles. The number of nitrogens with zero attached hydrogens (tertiary/aromatic N) is 1. The van der Waals surface area contributed by atoms with Crippen LogP contribution in [0.1, 0.15) is 42.9 Å². The van der Waals surface area contributed by atoms with E-state index in [9.17, 15) is 0 Å². The first-order chi connectivity index (χ1) is 13.6. The van der Waals surface area contributed by atoms with Crippen LogP contribution in [0.5, 0.6) is 0 Å². The zero-order valence-corrected chi connectivity index (χ0v) is 17.4. The summed E-state index contributed by atoms with van der Waals surface area (Å²) in [7, 11) is 4.27. The van der Waals surface area contributed by atoms with E-state index in [1.54, 1.807) is 0 Å². The van der Waals surface area contributed by atoms with Gasteiger partial charge in [0, 0.05) is 25.5 Å². The van der Waals surface area contributed by atoms with Gasteiger partial charge in [-0.3, -0.25) is 0 Å². The number of rotatable bonds is 3. The van der Waals surface area contributed by atoms with E-state index in [1.807, 2.05) is 0 Å². The molecule has 2 aromatic rings. The number of allylic oxidation sites excluding steroid dienone is 1. The van der Waals surface area contributed by atoms with Crippen molar-refractivity contribution in [2.45, 2.75) is 31.7 Å². The third kappa shape index (κ3) is 3.69. The number of hydrogen-bond acceptors (Lipinski definition) is 2. The van der Waals surface area contributed by atoms with Crippen LogP contribution in [0, 0.1) is 0 Å². The highest BCUT2D eigenvalue weighted by molar-refractivity contribution is 7.80. The van der Waals surface area contributed by atoms with E-state index >= 15 is 0 Å². The zero-order chi connectivity index (χ0) is 19.5. The lowest BCUT2D eigenvalue weighted by atomic mass is 9.90. The van der Waals surface area contributed by atoms with Gasteiger partial charge in [0.15, 0.2) is 5.11 Å². The number of thiocarbonyl (C=S) groups is 1. The molecule has 2 aromatic carbocycles. The van der Waals surface area contributed by atoms with Crippen LogP contribution in [0.25, 0.3) is 5.70 Å². The molecule has 2 N–H and O–H groups in total. The molecule has 0 saturated heterocycles. The fraction of sp³-hybridized carbons (Fsp3) is 0.292. The van der Waals surface area contributed by atoms with Crippen molar-refractivity contribution in [2.24, 2.45) is 0 Å². The largest absolute Gasteiger partial charge is 0.377 e. The minimum Gasteiger partial charge on any atom is -0.377 e. The molecule has 1 aliphatic carbocycles. The van der Waals surface area contributed by atoms with Crippen LogP contribution in [0.15, 0.2) is 77.5 Å². The molecule has 2 aliphatic rings. The summed E-state index contributed by atoms with van der Waals surface area (Å²) in [5.41, 5.74) is 7.81. The fourth-order valence-corrected chi connectivity index (χ4v) is 4.56. The monoisotopic (exact) mass is 389 g/mol. The van der Waals surface area contributed by atoms with Crippen molar-refractivity contribution < 1.29 is 0 Å². The van der Waals surface area contributed by atoms with Gasteiger partial charge in [-0.15, -0.1) is 0 Å². The van der Waals surface area contributed by atoms with Crippen molar-refractivity contribution >= 4 is 23.0 Å². The Balaban J connectivity index is 1.91. The first-order valence-electron chi connectivity index (χ1n) is 9.97. The van der Waals surface area contributed by atoms with E-state index in [0.29, 0.717) is 5.11 Å². The van der Waals surface area contributed by atoms with E-state index in [4.69, 9.17) is 12.2 Å². The zero-order valence-electron chi connectivity index (χ0n) is 16.5. The lowest BCUT2D eigenvalue weighted by Crippen LogP contribution is -2.44. The minimum absolute atomic E-state index is 0.136. The molecule has 4 heteroatoms. The molecule has 4 rings (SSSR count). The highest BCUT2D eigenvalue weighted by atomic mass is 32.1. The highest BCUT2D eigenvalue weighted by Crippen LogP contribution is 2.39. The van der Waals surface area contributed by atoms with Gasteiger partial charge in [-0.2, -0.15) is 0 Å². The standard InChI is InChI=1S/C24H27N3S/c1-27(2)23(18-13-7-4-8-14-18)20-16-10-9-15-19-21(17-11-5-3-6-12-17)25-24(28)26-22(19)20/h3-8,11-14,21H,9-10,15-16H2,1-2H3,(H2,25,26,28)/b23-20-. The molecule has 0 bridgehead atoms. The summed E-state index contributed by atoms with van der Waals surface area (Å²) in [6.45, 7) is 0. The lowest BCUT2D eigenvalue weighted by Gasteiger charge is -2.34. The van der Waals surface area contributed by atoms with Gasteiger partial charge in [0.25, 0.3) is 0 Å². The van der Waals surface area contributed by atoms with Crippen LogP contribution in [-0.4, -0.2) is 24.1 Å². The van der Waals surface area contributed by atoms with E-state index in [2.05, 4.69) is 90.3 Å². The topological polar surface area (TPSA) is 27.3 Å². The summed E-state index contributed by atoms with van der Waals surface area (Å²) in [6.07, 6.45) is 4.51. The second-order valence-corrected chi connectivity index (χ2v) is 8.05. The van der Waals surface area contributed by atoms with Crippen molar-refractivity contribution in [3.05, 3.63) is 88.6 Å². The summed E-state index contributed by atoms with van der Waals surface area (Å²) >= 11 is 5.62. The normalized spacial score (nSPS) is 21.2. The Morgan fingerprint density at radius 2 is 1.57 bits per heavy atom. The van der Waals surface area contributed by atoms with Crippen LogP contribution in [-0.2, 0) is 0 Å². The Morgan fingerprint density at radius 1 is 0.929 bits per heavy atom. The van der Waals surface area contributed by atoms with Gasteiger partial charge >= 0.3 is 0 Å². The maximum atomic E-state index is 5.62. The van der Waals surface area contributed by atoms with Gasteiger partial charge in [-0.25, -0.2) is 0 Å². The van der Waals surface area contributed by atoms with Gasteiger partial charge in [0.05, 0.1) is 6.04 Å². The van der Waals surface area contributed by atoms with Crippen molar-refractivity contribution in [1.29, 1.82) is 0 Å². The van der Waals surface area contributed by atoms with Gasteiger partial charge in [-0.05, 0) is 60.2 Å². The van der Waals surface area contributed by atoms with Crippen LogP contribution < -0.4 is 10.6 Å². The van der Waals surface area contributed by atoms with Gasteiger partial charge < -0.3 is 15.5 Å². The van der Waals surface area contributed by atoms with Crippen molar-refractivity contribution in [3.63, 3.8) is 0 Å². The SMILES string of the molecule is CN(C)/C(=C1/CCCCC2=C1NC(=S)NC2c1ccccc1)c1ccccc1. The molecule has 144 valence electrons. The van der Waals surface area contributed by atoms with E-state index in [1.165, 1.54) is 46.5 Å². The summed E-state index contributed by atoms with van der Waals surface area (Å²) < 4.78 is 0. The number of benzene rings is 2. The minimum atomic E-state index is 0.136. The molecule has 0 spiro atoms. The fourth-order valence-electron chi connectivity index (χ4n) is 4.34. The third-order valence-electron chi connectivity index (χ3n) is 5.52. The molecule has 0 amide bonds. The Hall–Kier alpha value is -2.59. The van der Waals surface area contributed by atoms with Crippen molar-refractivity contribution in [2.75, 3.05) is 14.1 Å². The predicted molar refractivity (Wildman–Crippen MR) is 121 cm³/mol. The van der Waals surface area contributed by atoms with E-state index < -0.39 is 0 Å². The Labute approximate surface area is 173 Å². The quantitative estimate of drug-likeness (QED) is 0.722. The second kappa shape index (κ2) is 8.19. The molecular formula is C24H27N3S. The molecule has 1 atom stereocenters. The maximum Gasteiger partial charge on any atom is 0.171 e. The average Bonchev–Trinajstić information content (AvgIpc) is 2.91. The molecule has 1 heterocycles. The smallest absolute Gasteiger partial charge is 0.171 e. The van der Waals surface area contributed by atoms with Gasteiger partial charge in [-0.1, -0.05) is 60.7 Å². The summed E-state index contributed by atoms with van der Waals surface area (Å²) in [6, 6.07) is 21.5. The average molecular weight is 390 g/mol. The van der Waals surface area contributed by atoms with E-state index in [-0.39, 0.29) is 6.04 Å². The van der Waals surface area contributed by atoms with Gasteiger partial charge in [0.1, 0.15) is 0 Å². The highest BCUT2D eigenvalue weighted by Gasteiger charge is 2.31. The summed E-state index contributed by atoms with van der Waals surface area (Å²) in [5, 5.41) is 7.75. The van der Waals surface area contributed by atoms with Crippen LogP contribution >= 0.6 is 12.2 Å². The first kappa shape index (κ1) is 18.8. The second-order valence-electron chi connectivity index (χ2n) is 7.64. The predicted octanol–water partition coefficient (Wildman–Crippen LogP) is 5.01. The maximum absolute atomic E-state index is 5.62. The van der Waals surface area contributed by atoms with Gasteiger partial charge in [0.2, 0.25) is 0 Å².